The molecule has 8 aromatic rings. The van der Waals surface area contributed by atoms with Gasteiger partial charge in [0.05, 0.1) is 0 Å². The molecule has 10 rings (SSSR count). The van der Waals surface area contributed by atoms with Gasteiger partial charge in [0.25, 0.3) is 0 Å². The van der Waals surface area contributed by atoms with Crippen molar-refractivity contribution in [2.45, 2.75) is 91.9 Å². The molecule has 310 valence electrons. The van der Waals surface area contributed by atoms with Crippen molar-refractivity contribution < 1.29 is 0 Å². The second-order valence-corrected chi connectivity index (χ2v) is 20.7. The van der Waals surface area contributed by atoms with Crippen molar-refractivity contribution in [3.63, 3.8) is 0 Å². The van der Waals surface area contributed by atoms with E-state index in [0.717, 1.165) is 25.7 Å². The molecule has 0 aliphatic heterocycles. The molecule has 0 N–H and O–H groups in total. The first-order valence-electron chi connectivity index (χ1n) is 23.5. The highest BCUT2D eigenvalue weighted by molar-refractivity contribution is 5.94. The second-order valence-electron chi connectivity index (χ2n) is 20.7. The van der Waals surface area contributed by atoms with Crippen LogP contribution < -0.4 is 0 Å². The SMILES string of the molecule is CC(C)CC1(CC(C)C)c2ccccc2-c2ccc(-c3ccc4c(c3)C(CC(C)C)(CC(C)C)c3cc(-c5ccc6cc(-c7ccc8ccccc8c7)ccc6c5)ccc3-4)cc21. The van der Waals surface area contributed by atoms with Gasteiger partial charge in [-0.25, -0.2) is 0 Å². The Bertz CT molecular complexity index is 2970. The summed E-state index contributed by atoms with van der Waals surface area (Å²) < 4.78 is 0. The molecular formula is C62H62. The van der Waals surface area contributed by atoms with Crippen LogP contribution in [0.4, 0.5) is 0 Å². The molecule has 0 amide bonds. The smallest absolute Gasteiger partial charge is 0.0220 e. The van der Waals surface area contributed by atoms with E-state index in [1.54, 1.807) is 0 Å². The molecular weight excluding hydrogens is 745 g/mol. The van der Waals surface area contributed by atoms with Crippen molar-refractivity contribution in [2.24, 2.45) is 23.7 Å². The normalized spacial score (nSPS) is 14.6. The Kier molecular flexibility index (Phi) is 10.1. The minimum atomic E-state index is -0.0728. The first kappa shape index (κ1) is 40.4. The number of benzene rings is 8. The van der Waals surface area contributed by atoms with Gasteiger partial charge in [-0.1, -0.05) is 177 Å². The van der Waals surface area contributed by atoms with Crippen molar-refractivity contribution in [1.29, 1.82) is 0 Å². The maximum atomic E-state index is 2.61. The van der Waals surface area contributed by atoms with Crippen LogP contribution in [0.25, 0.3) is 77.2 Å². The number of hydrogen-bond donors (Lipinski definition) is 0. The Morgan fingerprint density at radius 2 is 0.565 bits per heavy atom. The third-order valence-electron chi connectivity index (χ3n) is 14.2. The lowest BCUT2D eigenvalue weighted by molar-refractivity contribution is 0.337. The summed E-state index contributed by atoms with van der Waals surface area (Å²) in [6, 6.07) is 61.1. The van der Waals surface area contributed by atoms with Gasteiger partial charge in [-0.2, -0.15) is 0 Å². The first-order chi connectivity index (χ1) is 29.9. The fraction of sp³-hybridized carbons (Fsp3) is 0.290. The van der Waals surface area contributed by atoms with Crippen LogP contribution in [0.15, 0.2) is 158 Å². The lowest BCUT2D eigenvalue weighted by Gasteiger charge is -2.36. The zero-order valence-electron chi connectivity index (χ0n) is 38.1. The van der Waals surface area contributed by atoms with Crippen LogP contribution >= 0.6 is 0 Å². The summed E-state index contributed by atoms with van der Waals surface area (Å²) in [5, 5.41) is 5.11. The van der Waals surface area contributed by atoms with Crippen LogP contribution in [0.1, 0.15) is 103 Å². The van der Waals surface area contributed by atoms with Crippen LogP contribution in [0.2, 0.25) is 0 Å². The van der Waals surface area contributed by atoms with E-state index in [1.807, 2.05) is 0 Å². The molecule has 0 spiro atoms. The average Bonchev–Trinajstić information content (AvgIpc) is 3.66. The summed E-state index contributed by atoms with van der Waals surface area (Å²) in [6.07, 6.45) is 4.57. The molecule has 0 saturated heterocycles. The molecule has 8 aromatic carbocycles. The summed E-state index contributed by atoms with van der Waals surface area (Å²) in [7, 11) is 0. The molecule has 0 unspecified atom stereocenters. The van der Waals surface area contributed by atoms with E-state index in [1.165, 1.54) is 99.4 Å². The largest absolute Gasteiger partial charge is 0.0627 e. The maximum Gasteiger partial charge on any atom is 0.0220 e. The minimum Gasteiger partial charge on any atom is -0.0627 e. The first-order valence-corrected chi connectivity index (χ1v) is 23.5. The van der Waals surface area contributed by atoms with Gasteiger partial charge < -0.3 is 0 Å². The van der Waals surface area contributed by atoms with E-state index in [0.29, 0.717) is 23.7 Å². The van der Waals surface area contributed by atoms with E-state index < -0.39 is 0 Å². The zero-order valence-corrected chi connectivity index (χ0v) is 38.1. The Balaban J connectivity index is 1.06. The van der Waals surface area contributed by atoms with Crippen molar-refractivity contribution in [2.75, 3.05) is 0 Å². The molecule has 0 nitrogen and oxygen atoms in total. The zero-order chi connectivity index (χ0) is 42.9. The highest BCUT2D eigenvalue weighted by Crippen LogP contribution is 2.58. The van der Waals surface area contributed by atoms with Gasteiger partial charge in [0.2, 0.25) is 0 Å². The fourth-order valence-electron chi connectivity index (χ4n) is 12.3. The number of hydrogen-bond acceptors (Lipinski definition) is 0. The van der Waals surface area contributed by atoms with Crippen LogP contribution in [0.5, 0.6) is 0 Å². The average molecular weight is 807 g/mol. The maximum absolute atomic E-state index is 2.61. The number of fused-ring (bicyclic) bond motifs is 8. The summed E-state index contributed by atoms with van der Waals surface area (Å²) >= 11 is 0. The number of rotatable bonds is 11. The van der Waals surface area contributed by atoms with Crippen molar-refractivity contribution in [3.8, 4) is 55.6 Å². The van der Waals surface area contributed by atoms with Gasteiger partial charge in [0, 0.05) is 10.8 Å². The van der Waals surface area contributed by atoms with Crippen molar-refractivity contribution >= 4 is 21.5 Å². The van der Waals surface area contributed by atoms with Gasteiger partial charge >= 0.3 is 0 Å². The molecule has 0 radical (unpaired) electrons. The Morgan fingerprint density at radius 3 is 0.984 bits per heavy atom. The topological polar surface area (TPSA) is 0 Å². The molecule has 0 saturated carbocycles. The highest BCUT2D eigenvalue weighted by atomic mass is 14.5. The van der Waals surface area contributed by atoms with Crippen molar-refractivity contribution in [1.82, 2.24) is 0 Å². The van der Waals surface area contributed by atoms with Gasteiger partial charge in [0.15, 0.2) is 0 Å². The van der Waals surface area contributed by atoms with E-state index in [4.69, 9.17) is 0 Å². The van der Waals surface area contributed by atoms with Gasteiger partial charge in [-0.05, 0) is 185 Å². The molecule has 2 aliphatic carbocycles. The van der Waals surface area contributed by atoms with E-state index in [-0.39, 0.29) is 10.8 Å². The predicted molar refractivity (Wildman–Crippen MR) is 268 cm³/mol. The predicted octanol–water partition coefficient (Wildman–Crippen LogP) is 17.7. The quantitative estimate of drug-likeness (QED) is 0.122. The van der Waals surface area contributed by atoms with Gasteiger partial charge in [-0.15, -0.1) is 0 Å². The Hall–Kier alpha value is -5.72. The van der Waals surface area contributed by atoms with Crippen LogP contribution in [0.3, 0.4) is 0 Å². The standard InChI is InChI=1S/C62H62/c1-39(2)35-61(36-40(3)4)57-16-12-11-15-53(57)54-26-24-51(33-58(54)61)52-25-28-56-55-27-23-50(32-59(55)62(37-41(5)6,38-42(7)8)60(56)34-52)49-22-21-47-30-46(19-20-48(47)31-49)45-18-17-43-13-9-10-14-44(43)29-45/h9-34,39-42H,35-38H2,1-8H3. The van der Waals surface area contributed by atoms with E-state index >= 15 is 0 Å². The van der Waals surface area contributed by atoms with Crippen LogP contribution in [-0.2, 0) is 10.8 Å². The van der Waals surface area contributed by atoms with Crippen LogP contribution in [0, 0.1) is 23.7 Å². The molecule has 2 aliphatic rings. The van der Waals surface area contributed by atoms with Crippen LogP contribution in [-0.4, -0.2) is 0 Å². The molecule has 0 bridgehead atoms. The molecule has 0 aromatic heterocycles. The Morgan fingerprint density at radius 1 is 0.274 bits per heavy atom. The van der Waals surface area contributed by atoms with Gasteiger partial charge in [-0.3, -0.25) is 0 Å². The highest BCUT2D eigenvalue weighted by Gasteiger charge is 2.46. The summed E-state index contributed by atoms with van der Waals surface area (Å²) in [4.78, 5) is 0. The fourth-order valence-corrected chi connectivity index (χ4v) is 12.3. The minimum absolute atomic E-state index is 0.0228. The molecule has 62 heavy (non-hydrogen) atoms. The summed E-state index contributed by atoms with van der Waals surface area (Å²) in [6.45, 7) is 19.3. The lowest BCUT2D eigenvalue weighted by atomic mass is 9.67. The van der Waals surface area contributed by atoms with E-state index in [2.05, 4.69) is 213 Å². The lowest BCUT2D eigenvalue weighted by Crippen LogP contribution is -2.29. The monoisotopic (exact) mass is 806 g/mol. The van der Waals surface area contributed by atoms with Gasteiger partial charge in [0.1, 0.15) is 0 Å². The third kappa shape index (κ3) is 6.82. The molecule has 0 atom stereocenters. The molecule has 0 fully saturated rings. The molecule has 0 heteroatoms. The molecule has 0 heterocycles. The summed E-state index contributed by atoms with van der Waals surface area (Å²) in [5.74, 6) is 2.28. The Labute approximate surface area is 371 Å². The van der Waals surface area contributed by atoms with E-state index in [9.17, 15) is 0 Å². The third-order valence-corrected chi connectivity index (χ3v) is 14.2. The summed E-state index contributed by atoms with van der Waals surface area (Å²) in [5.41, 5.74) is 19.5. The van der Waals surface area contributed by atoms with Crippen molar-refractivity contribution in [3.05, 3.63) is 180 Å². The second kappa shape index (κ2) is 15.6.